The number of hydrogen-bond acceptors (Lipinski definition) is 6. The molecule has 1 aromatic carbocycles. The summed E-state index contributed by atoms with van der Waals surface area (Å²) in [5, 5.41) is 3.22. The molecule has 2 N–H and O–H groups in total. The van der Waals surface area contributed by atoms with Crippen LogP contribution in [0.1, 0.15) is 16.8 Å². The van der Waals surface area contributed by atoms with Gasteiger partial charge in [-0.25, -0.2) is 9.97 Å². The number of H-pyrrole nitrogens is 1. The second-order valence-corrected chi connectivity index (χ2v) is 6.87. The molecule has 2 aromatic heterocycles. The van der Waals surface area contributed by atoms with Gasteiger partial charge in [0.15, 0.2) is 11.6 Å². The predicted octanol–water partition coefficient (Wildman–Crippen LogP) is 4.11. The fourth-order valence-electron chi connectivity index (χ4n) is 3.12. The van der Waals surface area contributed by atoms with Crippen molar-refractivity contribution in [2.45, 2.75) is 20.1 Å². The van der Waals surface area contributed by atoms with Crippen LogP contribution in [0.2, 0.25) is 0 Å². The molecule has 3 aromatic rings. The van der Waals surface area contributed by atoms with Crippen molar-refractivity contribution in [1.82, 2.24) is 19.9 Å². The number of morpholine rings is 1. The molecule has 4 rings (SSSR count). The van der Waals surface area contributed by atoms with Crippen LogP contribution in [0.4, 0.5) is 11.8 Å². The van der Waals surface area contributed by atoms with E-state index in [0.717, 1.165) is 49.7 Å². The minimum atomic E-state index is 0. The SMILES string of the molecule is Cc1c[nH]c(Nc2ncc(CN3CCOCC3)cc2OCc2ccccc2)n1.Cl.Cl. The molecule has 3 heterocycles. The number of benzene rings is 1. The van der Waals surface area contributed by atoms with Crippen molar-refractivity contribution in [3.63, 3.8) is 0 Å². The monoisotopic (exact) mass is 451 g/mol. The van der Waals surface area contributed by atoms with Gasteiger partial charge in [0, 0.05) is 32.0 Å². The molecule has 0 saturated carbocycles. The molecule has 162 valence electrons. The van der Waals surface area contributed by atoms with Gasteiger partial charge in [-0.2, -0.15) is 0 Å². The average molecular weight is 452 g/mol. The third-order valence-electron chi connectivity index (χ3n) is 4.60. The van der Waals surface area contributed by atoms with Crippen LogP contribution in [0.15, 0.2) is 48.8 Å². The Kier molecular flexibility index (Phi) is 9.39. The first-order valence-corrected chi connectivity index (χ1v) is 9.51. The zero-order valence-electron chi connectivity index (χ0n) is 16.8. The first-order valence-electron chi connectivity index (χ1n) is 9.51. The number of imidazole rings is 1. The maximum Gasteiger partial charge on any atom is 0.206 e. The van der Waals surface area contributed by atoms with Gasteiger partial charge in [-0.1, -0.05) is 30.3 Å². The third kappa shape index (κ3) is 6.60. The molecule has 0 bridgehead atoms. The van der Waals surface area contributed by atoms with Gasteiger partial charge in [0.05, 0.1) is 18.9 Å². The summed E-state index contributed by atoms with van der Waals surface area (Å²) >= 11 is 0. The fraction of sp³-hybridized carbons (Fsp3) is 0.333. The number of ether oxygens (including phenoxy) is 2. The Morgan fingerprint density at radius 1 is 1.13 bits per heavy atom. The second-order valence-electron chi connectivity index (χ2n) is 6.87. The van der Waals surface area contributed by atoms with Gasteiger partial charge in [0.1, 0.15) is 6.61 Å². The van der Waals surface area contributed by atoms with Gasteiger partial charge in [-0.15, -0.1) is 24.8 Å². The first-order chi connectivity index (χ1) is 13.8. The highest BCUT2D eigenvalue weighted by molar-refractivity contribution is 5.85. The number of halogens is 2. The molecule has 9 heteroatoms. The van der Waals surface area contributed by atoms with E-state index in [1.165, 1.54) is 0 Å². The van der Waals surface area contributed by atoms with Gasteiger partial charge < -0.3 is 19.8 Å². The molecule has 1 saturated heterocycles. The van der Waals surface area contributed by atoms with Gasteiger partial charge in [-0.3, -0.25) is 4.90 Å². The molecular formula is C21H27Cl2N5O2. The zero-order chi connectivity index (χ0) is 19.2. The number of aryl methyl sites for hydroxylation is 1. The highest BCUT2D eigenvalue weighted by atomic mass is 35.5. The molecule has 1 aliphatic rings. The number of nitrogens with zero attached hydrogens (tertiary/aromatic N) is 3. The van der Waals surface area contributed by atoms with Crippen LogP contribution in [-0.4, -0.2) is 46.2 Å². The molecule has 1 fully saturated rings. The highest BCUT2D eigenvalue weighted by Gasteiger charge is 2.14. The molecule has 1 aliphatic heterocycles. The van der Waals surface area contributed by atoms with Crippen LogP contribution in [0.5, 0.6) is 5.75 Å². The van der Waals surface area contributed by atoms with Crippen LogP contribution in [0, 0.1) is 6.92 Å². The Labute approximate surface area is 189 Å². The number of aromatic nitrogens is 3. The molecular weight excluding hydrogens is 425 g/mol. The van der Waals surface area contributed by atoms with E-state index >= 15 is 0 Å². The summed E-state index contributed by atoms with van der Waals surface area (Å²) in [7, 11) is 0. The van der Waals surface area contributed by atoms with Gasteiger partial charge in [0.25, 0.3) is 0 Å². The van der Waals surface area contributed by atoms with Crippen LogP contribution >= 0.6 is 24.8 Å². The second kappa shape index (κ2) is 11.8. The number of hydrogen-bond donors (Lipinski definition) is 2. The standard InChI is InChI=1S/C21H25N5O2.2ClH/c1-16-12-23-21(24-16)25-20-19(28-15-17-5-3-2-4-6-17)11-18(13-22-20)14-26-7-9-27-10-8-26;;/h2-6,11-13H,7-10,14-15H2,1H3,(H2,22,23,24,25);2*1H. The smallest absolute Gasteiger partial charge is 0.206 e. The van der Waals surface area contributed by atoms with Gasteiger partial charge in [-0.05, 0) is 24.1 Å². The maximum absolute atomic E-state index is 6.12. The molecule has 7 nitrogen and oxygen atoms in total. The minimum absolute atomic E-state index is 0. The Hall–Kier alpha value is -2.32. The summed E-state index contributed by atoms with van der Waals surface area (Å²) in [5.41, 5.74) is 3.14. The minimum Gasteiger partial charge on any atom is -0.485 e. The van der Waals surface area contributed by atoms with Crippen molar-refractivity contribution in [3.8, 4) is 5.75 Å². The van der Waals surface area contributed by atoms with E-state index in [1.807, 2.05) is 49.6 Å². The van der Waals surface area contributed by atoms with Crippen molar-refractivity contribution in [1.29, 1.82) is 0 Å². The summed E-state index contributed by atoms with van der Waals surface area (Å²) in [4.78, 5) is 14.5. The zero-order valence-corrected chi connectivity index (χ0v) is 18.5. The van der Waals surface area contributed by atoms with E-state index in [-0.39, 0.29) is 24.8 Å². The Morgan fingerprint density at radius 3 is 2.60 bits per heavy atom. The lowest BCUT2D eigenvalue weighted by atomic mass is 10.2. The van der Waals surface area contributed by atoms with Crippen LogP contribution in [0.25, 0.3) is 0 Å². The predicted molar refractivity (Wildman–Crippen MR) is 122 cm³/mol. The van der Waals surface area contributed by atoms with Crippen molar-refractivity contribution < 1.29 is 9.47 Å². The lowest BCUT2D eigenvalue weighted by Crippen LogP contribution is -2.35. The lowest BCUT2D eigenvalue weighted by Gasteiger charge is -2.26. The third-order valence-corrected chi connectivity index (χ3v) is 4.60. The van der Waals surface area contributed by atoms with E-state index in [2.05, 4.69) is 31.2 Å². The molecule has 30 heavy (non-hydrogen) atoms. The van der Waals surface area contributed by atoms with E-state index in [4.69, 9.17) is 9.47 Å². The highest BCUT2D eigenvalue weighted by Crippen LogP contribution is 2.27. The molecule has 0 unspecified atom stereocenters. The number of aromatic amines is 1. The van der Waals surface area contributed by atoms with E-state index < -0.39 is 0 Å². The Balaban J connectivity index is 0.00000160. The van der Waals surface area contributed by atoms with E-state index in [1.54, 1.807) is 0 Å². The number of nitrogens with one attached hydrogen (secondary N) is 2. The summed E-state index contributed by atoms with van der Waals surface area (Å²) in [6, 6.07) is 12.2. The molecule has 0 amide bonds. The van der Waals surface area contributed by atoms with Crippen molar-refractivity contribution in [3.05, 3.63) is 65.6 Å². The Morgan fingerprint density at radius 2 is 1.90 bits per heavy atom. The van der Waals surface area contributed by atoms with E-state index in [9.17, 15) is 0 Å². The van der Waals surface area contributed by atoms with E-state index in [0.29, 0.717) is 24.1 Å². The average Bonchev–Trinajstić information content (AvgIpc) is 3.14. The lowest BCUT2D eigenvalue weighted by molar-refractivity contribution is 0.0341. The first kappa shape index (κ1) is 24.0. The normalized spacial score (nSPS) is 13.8. The molecule has 0 radical (unpaired) electrons. The van der Waals surface area contributed by atoms with Crippen molar-refractivity contribution in [2.75, 3.05) is 31.6 Å². The van der Waals surface area contributed by atoms with Crippen molar-refractivity contribution in [2.24, 2.45) is 0 Å². The fourth-order valence-corrected chi connectivity index (χ4v) is 3.12. The summed E-state index contributed by atoms with van der Waals surface area (Å²) in [6.07, 6.45) is 3.74. The molecule has 0 aliphatic carbocycles. The number of pyridine rings is 1. The summed E-state index contributed by atoms with van der Waals surface area (Å²) in [5.74, 6) is 2.01. The van der Waals surface area contributed by atoms with Crippen LogP contribution < -0.4 is 10.1 Å². The van der Waals surface area contributed by atoms with Gasteiger partial charge >= 0.3 is 0 Å². The van der Waals surface area contributed by atoms with Crippen LogP contribution in [-0.2, 0) is 17.9 Å². The Bertz CT molecular complexity index is 901. The van der Waals surface area contributed by atoms with Gasteiger partial charge in [0.2, 0.25) is 5.95 Å². The molecule has 0 spiro atoms. The largest absolute Gasteiger partial charge is 0.485 e. The number of rotatable bonds is 7. The summed E-state index contributed by atoms with van der Waals surface area (Å²) in [6.45, 7) is 6.68. The quantitative estimate of drug-likeness (QED) is 0.562. The maximum atomic E-state index is 6.12. The topological polar surface area (TPSA) is 75.3 Å². The van der Waals surface area contributed by atoms with Crippen LogP contribution in [0.3, 0.4) is 0 Å². The van der Waals surface area contributed by atoms with Crippen molar-refractivity contribution >= 4 is 36.6 Å². The molecule has 0 atom stereocenters. The number of anilines is 2. The summed E-state index contributed by atoms with van der Waals surface area (Å²) < 4.78 is 11.6.